The Morgan fingerprint density at radius 2 is 2.15 bits per heavy atom. The van der Waals surface area contributed by atoms with E-state index in [2.05, 4.69) is 24.6 Å². The van der Waals surface area contributed by atoms with E-state index in [0.717, 1.165) is 17.9 Å². The highest BCUT2D eigenvalue weighted by atomic mass is 16.1. The molecule has 4 nitrogen and oxygen atoms in total. The summed E-state index contributed by atoms with van der Waals surface area (Å²) in [5.74, 6) is 6.73. The lowest BCUT2D eigenvalue weighted by Crippen LogP contribution is -2.38. The van der Waals surface area contributed by atoms with Crippen LogP contribution in [0.4, 0.5) is 5.69 Å². The summed E-state index contributed by atoms with van der Waals surface area (Å²) in [5.41, 5.74) is 4.95. The molecule has 3 atom stereocenters. The normalized spacial score (nSPS) is 25.5. The Labute approximate surface area is 121 Å². The molecule has 4 N–H and O–H groups in total. The van der Waals surface area contributed by atoms with E-state index < -0.39 is 0 Å². The highest BCUT2D eigenvalue weighted by molar-refractivity contribution is 5.99. The van der Waals surface area contributed by atoms with Crippen molar-refractivity contribution in [1.82, 2.24) is 5.32 Å². The summed E-state index contributed by atoms with van der Waals surface area (Å²) in [4.78, 5) is 12.5. The van der Waals surface area contributed by atoms with Gasteiger partial charge in [0.25, 0.3) is 5.91 Å². The monoisotopic (exact) mass is 275 g/mol. The second-order valence-electron chi connectivity index (χ2n) is 5.88. The van der Waals surface area contributed by atoms with Crippen molar-refractivity contribution in [2.75, 3.05) is 5.43 Å². The number of hydrogen-bond donors (Lipinski definition) is 3. The molecule has 1 aromatic rings. The Morgan fingerprint density at radius 3 is 2.75 bits per heavy atom. The molecule has 110 valence electrons. The second-order valence-corrected chi connectivity index (χ2v) is 5.88. The number of hydrazine groups is 1. The summed E-state index contributed by atoms with van der Waals surface area (Å²) < 4.78 is 0. The van der Waals surface area contributed by atoms with E-state index in [0.29, 0.717) is 17.2 Å². The number of rotatable bonds is 4. The fourth-order valence-electron chi connectivity index (χ4n) is 3.25. The average molecular weight is 275 g/mol. The van der Waals surface area contributed by atoms with Crippen molar-refractivity contribution >= 4 is 11.6 Å². The van der Waals surface area contributed by atoms with E-state index in [4.69, 9.17) is 5.84 Å². The summed E-state index contributed by atoms with van der Waals surface area (Å²) in [6.45, 7) is 6.44. The molecule has 0 radical (unpaired) electrons. The smallest absolute Gasteiger partial charge is 0.253 e. The van der Waals surface area contributed by atoms with Crippen LogP contribution in [0.15, 0.2) is 18.2 Å². The van der Waals surface area contributed by atoms with Gasteiger partial charge in [0.15, 0.2) is 0 Å². The first-order valence-electron chi connectivity index (χ1n) is 7.45. The fraction of sp³-hybridized carbons (Fsp3) is 0.562. The summed E-state index contributed by atoms with van der Waals surface area (Å²) in [7, 11) is 0. The zero-order valence-corrected chi connectivity index (χ0v) is 12.6. The fourth-order valence-corrected chi connectivity index (χ4v) is 3.25. The van der Waals surface area contributed by atoms with Crippen LogP contribution in [0.1, 0.15) is 49.0 Å². The first-order chi connectivity index (χ1) is 9.56. The van der Waals surface area contributed by atoms with Gasteiger partial charge in [0.2, 0.25) is 0 Å². The van der Waals surface area contributed by atoms with Crippen LogP contribution in [-0.2, 0) is 0 Å². The van der Waals surface area contributed by atoms with Gasteiger partial charge < -0.3 is 10.7 Å². The maximum absolute atomic E-state index is 12.5. The molecule has 1 aliphatic rings. The van der Waals surface area contributed by atoms with Crippen molar-refractivity contribution < 1.29 is 4.79 Å². The van der Waals surface area contributed by atoms with Crippen LogP contribution >= 0.6 is 0 Å². The lowest BCUT2D eigenvalue weighted by Gasteiger charge is -2.21. The van der Waals surface area contributed by atoms with Crippen molar-refractivity contribution in [3.63, 3.8) is 0 Å². The number of carbonyl (C=O) groups excluding carboxylic acids is 1. The van der Waals surface area contributed by atoms with Crippen LogP contribution in [0, 0.1) is 18.8 Å². The third-order valence-electron chi connectivity index (χ3n) is 4.64. The molecule has 4 heteroatoms. The third-order valence-corrected chi connectivity index (χ3v) is 4.64. The molecule has 0 aromatic heterocycles. The molecule has 1 aromatic carbocycles. The van der Waals surface area contributed by atoms with Gasteiger partial charge in [0.1, 0.15) is 0 Å². The number of nitrogens with one attached hydrogen (secondary N) is 2. The predicted octanol–water partition coefficient (Wildman–Crippen LogP) is 2.84. The van der Waals surface area contributed by atoms with Gasteiger partial charge in [-0.2, -0.15) is 0 Å². The summed E-state index contributed by atoms with van der Waals surface area (Å²) in [6, 6.07) is 5.94. The van der Waals surface area contributed by atoms with Gasteiger partial charge in [0, 0.05) is 6.04 Å². The molecule has 1 amide bonds. The maximum atomic E-state index is 12.5. The summed E-state index contributed by atoms with van der Waals surface area (Å²) >= 11 is 0. The lowest BCUT2D eigenvalue weighted by atomic mass is 9.93. The topological polar surface area (TPSA) is 67.2 Å². The number of anilines is 1. The first kappa shape index (κ1) is 14.9. The number of nitrogen functional groups attached to an aromatic ring is 1. The number of nitrogens with two attached hydrogens (primary N) is 1. The quantitative estimate of drug-likeness (QED) is 0.584. The number of amides is 1. The SMILES string of the molecule is CCC1CCC(NC(=O)c2cc(C)ccc2NN)C1C. The highest BCUT2D eigenvalue weighted by Crippen LogP contribution is 2.34. The van der Waals surface area contributed by atoms with E-state index in [-0.39, 0.29) is 11.9 Å². The Hall–Kier alpha value is -1.55. The minimum absolute atomic E-state index is 0.0322. The standard InChI is InChI=1S/C16H25N3O/c1-4-12-6-8-14(11(12)3)18-16(20)13-9-10(2)5-7-15(13)19-17/h5,7,9,11-12,14,19H,4,6,8,17H2,1-3H3,(H,18,20). The number of benzene rings is 1. The maximum Gasteiger partial charge on any atom is 0.253 e. The third kappa shape index (κ3) is 2.96. The largest absolute Gasteiger partial charge is 0.349 e. The van der Waals surface area contributed by atoms with E-state index in [9.17, 15) is 4.79 Å². The number of carbonyl (C=O) groups is 1. The number of aryl methyl sites for hydroxylation is 1. The molecule has 0 bridgehead atoms. The van der Waals surface area contributed by atoms with Crippen LogP contribution in [-0.4, -0.2) is 11.9 Å². The molecular weight excluding hydrogens is 250 g/mol. The number of hydrogen-bond acceptors (Lipinski definition) is 3. The zero-order chi connectivity index (χ0) is 14.7. The van der Waals surface area contributed by atoms with Gasteiger partial charge in [-0.15, -0.1) is 0 Å². The minimum atomic E-state index is -0.0322. The molecule has 1 aliphatic carbocycles. The first-order valence-corrected chi connectivity index (χ1v) is 7.45. The van der Waals surface area contributed by atoms with Crippen molar-refractivity contribution in [2.24, 2.45) is 17.7 Å². The Balaban J connectivity index is 2.11. The van der Waals surface area contributed by atoms with E-state index in [1.807, 2.05) is 25.1 Å². The minimum Gasteiger partial charge on any atom is -0.349 e. The molecule has 0 heterocycles. The van der Waals surface area contributed by atoms with Gasteiger partial charge >= 0.3 is 0 Å². The van der Waals surface area contributed by atoms with Crippen molar-refractivity contribution in [3.8, 4) is 0 Å². The van der Waals surface area contributed by atoms with Crippen molar-refractivity contribution in [2.45, 2.75) is 46.1 Å². The van der Waals surface area contributed by atoms with Crippen LogP contribution in [0.2, 0.25) is 0 Å². The van der Waals surface area contributed by atoms with Crippen molar-refractivity contribution in [3.05, 3.63) is 29.3 Å². The van der Waals surface area contributed by atoms with Crippen molar-refractivity contribution in [1.29, 1.82) is 0 Å². The van der Waals surface area contributed by atoms with Crippen LogP contribution in [0.3, 0.4) is 0 Å². The van der Waals surface area contributed by atoms with Gasteiger partial charge in [-0.1, -0.05) is 31.9 Å². The van der Waals surface area contributed by atoms with E-state index >= 15 is 0 Å². The second kappa shape index (κ2) is 6.27. The van der Waals surface area contributed by atoms with Gasteiger partial charge in [-0.25, -0.2) is 0 Å². The zero-order valence-electron chi connectivity index (χ0n) is 12.6. The van der Waals surface area contributed by atoms with Gasteiger partial charge in [-0.3, -0.25) is 10.6 Å². The highest BCUT2D eigenvalue weighted by Gasteiger charge is 2.32. The molecule has 20 heavy (non-hydrogen) atoms. The Kier molecular flexibility index (Phi) is 4.65. The van der Waals surface area contributed by atoms with Crippen LogP contribution in [0.5, 0.6) is 0 Å². The Bertz CT molecular complexity index is 487. The molecule has 1 fully saturated rings. The molecule has 3 unspecified atom stereocenters. The summed E-state index contributed by atoms with van der Waals surface area (Å²) in [5, 5.41) is 3.18. The average Bonchev–Trinajstić information content (AvgIpc) is 2.79. The summed E-state index contributed by atoms with van der Waals surface area (Å²) in [6.07, 6.45) is 3.47. The molecular formula is C16H25N3O. The predicted molar refractivity (Wildman–Crippen MR) is 82.4 cm³/mol. The van der Waals surface area contributed by atoms with Gasteiger partial charge in [-0.05, 0) is 43.7 Å². The van der Waals surface area contributed by atoms with E-state index in [1.54, 1.807) is 0 Å². The molecule has 0 aliphatic heterocycles. The van der Waals surface area contributed by atoms with Gasteiger partial charge in [0.05, 0.1) is 11.3 Å². The Morgan fingerprint density at radius 1 is 1.40 bits per heavy atom. The molecule has 2 rings (SSSR count). The molecule has 0 saturated heterocycles. The van der Waals surface area contributed by atoms with E-state index in [1.165, 1.54) is 12.8 Å². The van der Waals surface area contributed by atoms with Crippen LogP contribution < -0.4 is 16.6 Å². The lowest BCUT2D eigenvalue weighted by molar-refractivity contribution is 0.0927. The molecule has 1 saturated carbocycles. The molecule has 0 spiro atoms. The van der Waals surface area contributed by atoms with Crippen LogP contribution in [0.25, 0.3) is 0 Å².